The van der Waals surface area contributed by atoms with E-state index in [2.05, 4.69) is 217 Å². The lowest BCUT2D eigenvalue weighted by atomic mass is 9.93. The molecule has 0 aliphatic rings. The zero-order chi connectivity index (χ0) is 41.4. The molecule has 0 saturated heterocycles. The molecule has 0 amide bonds. The summed E-state index contributed by atoms with van der Waals surface area (Å²) in [5.74, 6) is 0. The third-order valence-electron chi connectivity index (χ3n) is 12.9. The molecule has 0 unspecified atom stereocenters. The monoisotopic (exact) mass is 819 g/mol. The number of hydrogen-bond acceptors (Lipinski definition) is 3. The predicted octanol–water partition coefficient (Wildman–Crippen LogP) is 18.0. The zero-order valence-electron chi connectivity index (χ0n) is 34.1. The zero-order valence-corrected chi connectivity index (χ0v) is 34.9. The molecule has 294 valence electrons. The van der Waals surface area contributed by atoms with Crippen LogP contribution in [0.1, 0.15) is 0 Å². The predicted molar refractivity (Wildman–Crippen MR) is 272 cm³/mol. The van der Waals surface area contributed by atoms with E-state index in [0.29, 0.717) is 0 Å². The van der Waals surface area contributed by atoms with E-state index in [4.69, 9.17) is 4.42 Å². The Balaban J connectivity index is 1.17. The highest BCUT2D eigenvalue weighted by Crippen LogP contribution is 2.45. The molecule has 3 heteroatoms. The van der Waals surface area contributed by atoms with Crippen LogP contribution in [0.5, 0.6) is 0 Å². The molecule has 63 heavy (non-hydrogen) atoms. The topological polar surface area (TPSA) is 16.4 Å². The van der Waals surface area contributed by atoms with Gasteiger partial charge in [-0.2, -0.15) is 0 Å². The fraction of sp³-hybridized carbons (Fsp3) is 0. The molecule has 0 radical (unpaired) electrons. The maximum atomic E-state index is 6.34. The quantitative estimate of drug-likeness (QED) is 0.176. The first-order valence-electron chi connectivity index (χ1n) is 21.5. The van der Waals surface area contributed by atoms with Crippen LogP contribution < -0.4 is 4.90 Å². The summed E-state index contributed by atoms with van der Waals surface area (Å²) in [6.07, 6.45) is 0. The van der Waals surface area contributed by atoms with E-state index >= 15 is 0 Å². The first kappa shape index (κ1) is 35.7. The van der Waals surface area contributed by atoms with Crippen LogP contribution in [0.15, 0.2) is 229 Å². The summed E-state index contributed by atoms with van der Waals surface area (Å²) in [6.45, 7) is 0. The molecular weight excluding hydrogens is 783 g/mol. The fourth-order valence-electron chi connectivity index (χ4n) is 9.94. The molecule has 0 atom stereocenters. The van der Waals surface area contributed by atoms with Crippen LogP contribution in [0.25, 0.3) is 107 Å². The van der Waals surface area contributed by atoms with Crippen LogP contribution in [0.2, 0.25) is 0 Å². The fourth-order valence-corrected chi connectivity index (χ4v) is 11.1. The molecule has 11 aromatic carbocycles. The third-order valence-corrected chi connectivity index (χ3v) is 14.0. The van der Waals surface area contributed by atoms with Gasteiger partial charge in [-0.05, 0) is 132 Å². The van der Waals surface area contributed by atoms with Gasteiger partial charge in [0.15, 0.2) is 0 Å². The first-order valence-corrected chi connectivity index (χ1v) is 22.3. The van der Waals surface area contributed by atoms with E-state index in [1.54, 1.807) is 0 Å². The van der Waals surface area contributed by atoms with Gasteiger partial charge in [-0.15, -0.1) is 11.3 Å². The molecule has 0 N–H and O–H groups in total. The van der Waals surface area contributed by atoms with Gasteiger partial charge in [-0.1, -0.05) is 158 Å². The minimum Gasteiger partial charge on any atom is -0.456 e. The Morgan fingerprint density at radius 1 is 0.254 bits per heavy atom. The normalized spacial score (nSPS) is 11.8. The highest BCUT2D eigenvalue weighted by Gasteiger charge is 2.18. The van der Waals surface area contributed by atoms with Crippen molar-refractivity contribution in [1.82, 2.24) is 0 Å². The average Bonchev–Trinajstić information content (AvgIpc) is 3.91. The molecule has 0 spiro atoms. The van der Waals surface area contributed by atoms with E-state index < -0.39 is 0 Å². The van der Waals surface area contributed by atoms with Crippen molar-refractivity contribution in [2.45, 2.75) is 0 Å². The van der Waals surface area contributed by atoms with E-state index in [1.807, 2.05) is 23.5 Å². The molecular formula is C60H37NOS. The largest absolute Gasteiger partial charge is 0.456 e. The number of para-hydroxylation sites is 1. The van der Waals surface area contributed by atoms with Crippen molar-refractivity contribution in [2.24, 2.45) is 0 Å². The SMILES string of the molecule is c1ccc(-c2ccc(N(c3ccc4oc5ccccc5c4c3)c3ccc4c(c3)c3ccccc3c3ccccc3c3ccccc3c3cc5c(cc43)sc3ccccc35)cc2)cc1. The van der Waals surface area contributed by atoms with E-state index in [9.17, 15) is 0 Å². The number of fused-ring (bicyclic) bond motifs is 16. The second-order valence-corrected chi connectivity index (χ2v) is 17.5. The molecule has 13 aromatic rings. The standard InChI is InChI=1S/C60H37NOS/c1-2-14-38(15-3-1)39-26-28-40(29-27-39)61(42-31-33-58-55(35-42)50-22-10-12-24-57(50)62-58)41-30-32-49-52(34-41)47-20-8-6-18-45(47)43-16-4-5-17-44(43)46-19-7-9-21-48(46)53-36-56-51-23-11-13-25-59(51)63-60(56)37-54(49)53/h1-37H. The second-order valence-electron chi connectivity index (χ2n) is 16.4. The number of thiophene rings is 1. The van der Waals surface area contributed by atoms with Gasteiger partial charge in [-0.25, -0.2) is 0 Å². The summed E-state index contributed by atoms with van der Waals surface area (Å²) < 4.78 is 8.93. The Bertz CT molecular complexity index is 4030. The smallest absolute Gasteiger partial charge is 0.135 e. The Labute approximate surface area is 367 Å². The highest BCUT2D eigenvalue weighted by molar-refractivity contribution is 7.25. The maximum absolute atomic E-state index is 6.34. The Kier molecular flexibility index (Phi) is 8.12. The van der Waals surface area contributed by atoms with Crippen molar-refractivity contribution in [1.29, 1.82) is 0 Å². The van der Waals surface area contributed by atoms with Crippen molar-refractivity contribution >= 4 is 124 Å². The van der Waals surface area contributed by atoms with Crippen LogP contribution >= 0.6 is 11.3 Å². The van der Waals surface area contributed by atoms with E-state index in [0.717, 1.165) is 39.0 Å². The minimum atomic E-state index is 0.877. The van der Waals surface area contributed by atoms with Crippen molar-refractivity contribution in [3.05, 3.63) is 224 Å². The maximum Gasteiger partial charge on any atom is 0.135 e. The number of anilines is 3. The van der Waals surface area contributed by atoms with Gasteiger partial charge in [0.2, 0.25) is 0 Å². The first-order chi connectivity index (χ1) is 31.2. The summed E-state index contributed by atoms with van der Waals surface area (Å²) in [7, 11) is 0. The van der Waals surface area contributed by atoms with Gasteiger partial charge in [-0.3, -0.25) is 0 Å². The van der Waals surface area contributed by atoms with E-state index in [-0.39, 0.29) is 0 Å². The highest BCUT2D eigenvalue weighted by atomic mass is 32.1. The number of furan rings is 1. The van der Waals surface area contributed by atoms with Crippen LogP contribution in [-0.2, 0) is 0 Å². The Morgan fingerprint density at radius 3 is 1.37 bits per heavy atom. The van der Waals surface area contributed by atoms with E-state index in [1.165, 1.54) is 85.2 Å². The number of nitrogens with zero attached hydrogens (tertiary/aromatic N) is 1. The summed E-state index contributed by atoms with van der Waals surface area (Å²) in [6, 6.07) is 82.2. The van der Waals surface area contributed by atoms with Gasteiger partial charge >= 0.3 is 0 Å². The molecule has 0 fully saturated rings. The average molecular weight is 820 g/mol. The van der Waals surface area contributed by atoms with Crippen molar-refractivity contribution < 1.29 is 4.42 Å². The third kappa shape index (κ3) is 5.78. The van der Waals surface area contributed by atoms with Crippen LogP contribution in [0, 0.1) is 0 Å². The number of rotatable bonds is 4. The molecule has 2 heterocycles. The molecule has 2 nitrogen and oxygen atoms in total. The summed E-state index contributed by atoms with van der Waals surface area (Å²) >= 11 is 1.87. The molecule has 2 aromatic heterocycles. The summed E-state index contributed by atoms with van der Waals surface area (Å²) in [5.41, 5.74) is 7.34. The lowest BCUT2D eigenvalue weighted by molar-refractivity contribution is 0.669. The molecule has 0 saturated carbocycles. The number of hydrogen-bond donors (Lipinski definition) is 0. The molecule has 0 aliphatic heterocycles. The van der Waals surface area contributed by atoms with Gasteiger partial charge in [0, 0.05) is 48.0 Å². The van der Waals surface area contributed by atoms with Crippen molar-refractivity contribution in [2.75, 3.05) is 4.90 Å². The van der Waals surface area contributed by atoms with Gasteiger partial charge in [0.1, 0.15) is 11.2 Å². The van der Waals surface area contributed by atoms with Crippen molar-refractivity contribution in [3.8, 4) is 11.1 Å². The van der Waals surface area contributed by atoms with Gasteiger partial charge < -0.3 is 9.32 Å². The van der Waals surface area contributed by atoms with Gasteiger partial charge in [0.05, 0.1) is 0 Å². The molecule has 0 bridgehead atoms. The summed E-state index contributed by atoms with van der Waals surface area (Å²) in [5, 5.41) is 16.9. The van der Waals surface area contributed by atoms with Crippen LogP contribution in [0.4, 0.5) is 17.1 Å². The Hall–Kier alpha value is -7.98. The van der Waals surface area contributed by atoms with Crippen molar-refractivity contribution in [3.63, 3.8) is 0 Å². The summed E-state index contributed by atoms with van der Waals surface area (Å²) in [4.78, 5) is 2.40. The second kappa shape index (κ2) is 14.3. The lowest BCUT2D eigenvalue weighted by Crippen LogP contribution is -2.09. The molecule has 0 aliphatic carbocycles. The minimum absolute atomic E-state index is 0.877. The molecule has 13 rings (SSSR count). The van der Waals surface area contributed by atoms with Crippen LogP contribution in [0.3, 0.4) is 0 Å². The lowest BCUT2D eigenvalue weighted by Gasteiger charge is -2.26. The number of benzene rings is 10. The van der Waals surface area contributed by atoms with Gasteiger partial charge in [0.25, 0.3) is 0 Å². The Morgan fingerprint density at radius 2 is 0.698 bits per heavy atom. The van der Waals surface area contributed by atoms with Crippen LogP contribution in [-0.4, -0.2) is 0 Å².